The van der Waals surface area contributed by atoms with Crippen LogP contribution in [0.2, 0.25) is 0 Å². The lowest BCUT2D eigenvalue weighted by Crippen LogP contribution is -2.33. The van der Waals surface area contributed by atoms with E-state index in [0.717, 1.165) is 45.2 Å². The van der Waals surface area contributed by atoms with E-state index < -0.39 is 7.82 Å². The second-order valence-corrected chi connectivity index (χ2v) is 10.3. The summed E-state index contributed by atoms with van der Waals surface area (Å²) in [5.74, 6) is 0. The summed E-state index contributed by atoms with van der Waals surface area (Å²) in [5.41, 5.74) is 0. The van der Waals surface area contributed by atoms with Gasteiger partial charge in [0.15, 0.2) is 0 Å². The minimum atomic E-state index is -3.90. The van der Waals surface area contributed by atoms with Gasteiger partial charge in [0.2, 0.25) is 0 Å². The summed E-state index contributed by atoms with van der Waals surface area (Å²) in [6, 6.07) is 0. The fourth-order valence-electron chi connectivity index (χ4n) is 3.84. The average Bonchev–Trinajstić information content (AvgIpc) is 2.72. The Morgan fingerprint density at radius 3 is 1.93 bits per heavy atom. The standard InChI is InChI=1S/C24H48NO4P/c1-3-4-5-6-7-8-9-10-11-12-13-14-15-16-17-18-23-28-30(26,27)29-24-19-21-25(2)22-20-24/h10-11,24H,3-9,12-23H2,1-2H3,(H,26,27)/b11-10-. The number of likely N-dealkylation sites (tertiary alicyclic amines) is 1. The van der Waals surface area contributed by atoms with Crippen LogP contribution >= 0.6 is 7.82 Å². The number of hydrogen-bond acceptors (Lipinski definition) is 4. The molecular formula is C24H48NO4P. The Bertz CT molecular complexity index is 464. The molecule has 1 atom stereocenters. The minimum Gasteiger partial charge on any atom is -0.306 e. The largest absolute Gasteiger partial charge is 0.472 e. The first-order valence-corrected chi connectivity index (χ1v) is 14.0. The van der Waals surface area contributed by atoms with Gasteiger partial charge in [-0.2, -0.15) is 0 Å². The van der Waals surface area contributed by atoms with Crippen molar-refractivity contribution in [3.8, 4) is 0 Å². The van der Waals surface area contributed by atoms with Crippen LogP contribution in [0.1, 0.15) is 110 Å². The molecule has 0 radical (unpaired) electrons. The molecule has 6 heteroatoms. The van der Waals surface area contributed by atoms with Crippen molar-refractivity contribution >= 4 is 7.82 Å². The van der Waals surface area contributed by atoms with Gasteiger partial charge in [-0.25, -0.2) is 4.57 Å². The molecule has 1 aliphatic rings. The van der Waals surface area contributed by atoms with Gasteiger partial charge >= 0.3 is 7.82 Å². The van der Waals surface area contributed by atoms with Gasteiger partial charge in [0.1, 0.15) is 0 Å². The zero-order valence-electron chi connectivity index (χ0n) is 19.7. The van der Waals surface area contributed by atoms with Crippen molar-refractivity contribution in [1.82, 2.24) is 4.90 Å². The molecule has 1 fully saturated rings. The van der Waals surface area contributed by atoms with E-state index in [1.807, 2.05) is 0 Å². The van der Waals surface area contributed by atoms with E-state index in [2.05, 4.69) is 31.0 Å². The highest BCUT2D eigenvalue weighted by molar-refractivity contribution is 7.47. The summed E-state index contributed by atoms with van der Waals surface area (Å²) < 4.78 is 22.5. The molecule has 1 unspecified atom stereocenters. The highest BCUT2D eigenvalue weighted by Gasteiger charge is 2.28. The lowest BCUT2D eigenvalue weighted by atomic mass is 10.1. The maximum Gasteiger partial charge on any atom is 0.472 e. The van der Waals surface area contributed by atoms with Gasteiger partial charge in [-0.05, 0) is 52.0 Å². The molecular weight excluding hydrogens is 397 g/mol. The number of nitrogens with zero attached hydrogens (tertiary/aromatic N) is 1. The minimum absolute atomic E-state index is 0.156. The third-order valence-corrected chi connectivity index (χ3v) is 6.93. The maximum absolute atomic E-state index is 12.0. The molecule has 1 saturated heterocycles. The molecule has 1 aliphatic heterocycles. The van der Waals surface area contributed by atoms with Crippen molar-refractivity contribution in [2.75, 3.05) is 26.7 Å². The lowest BCUT2D eigenvalue weighted by Gasteiger charge is -2.29. The Kier molecular flexibility index (Phi) is 17.1. The molecule has 1 rings (SSSR count). The molecule has 0 spiro atoms. The smallest absolute Gasteiger partial charge is 0.306 e. The quantitative estimate of drug-likeness (QED) is 0.129. The Labute approximate surface area is 186 Å². The Morgan fingerprint density at radius 2 is 1.37 bits per heavy atom. The normalized spacial score (nSPS) is 18.2. The average molecular weight is 446 g/mol. The molecule has 0 bridgehead atoms. The molecule has 0 saturated carbocycles. The van der Waals surface area contributed by atoms with Crippen LogP contribution < -0.4 is 0 Å². The molecule has 0 aromatic rings. The summed E-state index contributed by atoms with van der Waals surface area (Å²) in [6.45, 7) is 4.38. The number of piperidine rings is 1. The lowest BCUT2D eigenvalue weighted by molar-refractivity contribution is 0.0638. The number of phosphoric ester groups is 1. The first-order valence-electron chi connectivity index (χ1n) is 12.5. The van der Waals surface area contributed by atoms with E-state index in [0.29, 0.717) is 6.61 Å². The van der Waals surface area contributed by atoms with Gasteiger partial charge in [0.05, 0.1) is 12.7 Å². The fraction of sp³-hybridized carbons (Fsp3) is 0.917. The highest BCUT2D eigenvalue weighted by Crippen LogP contribution is 2.46. The number of hydrogen-bond donors (Lipinski definition) is 1. The zero-order chi connectivity index (χ0) is 21.9. The van der Waals surface area contributed by atoms with Crippen molar-refractivity contribution in [3.63, 3.8) is 0 Å². The summed E-state index contributed by atoms with van der Waals surface area (Å²) in [5, 5.41) is 0. The van der Waals surface area contributed by atoms with Gasteiger partial charge < -0.3 is 9.79 Å². The Balaban J connectivity index is 1.84. The molecule has 0 aromatic heterocycles. The summed E-state index contributed by atoms with van der Waals surface area (Å²) in [7, 11) is -1.84. The molecule has 5 nitrogen and oxygen atoms in total. The van der Waals surface area contributed by atoms with Crippen molar-refractivity contribution in [2.45, 2.75) is 116 Å². The van der Waals surface area contributed by atoms with E-state index in [1.54, 1.807) is 0 Å². The van der Waals surface area contributed by atoms with E-state index in [1.165, 1.54) is 70.6 Å². The number of phosphoric acid groups is 1. The molecule has 178 valence electrons. The Morgan fingerprint density at radius 1 is 0.867 bits per heavy atom. The molecule has 30 heavy (non-hydrogen) atoms. The van der Waals surface area contributed by atoms with Gasteiger partial charge in [-0.1, -0.05) is 76.9 Å². The highest BCUT2D eigenvalue weighted by atomic mass is 31.2. The molecule has 0 aliphatic carbocycles. The first-order chi connectivity index (χ1) is 14.5. The first kappa shape index (κ1) is 27.8. The van der Waals surface area contributed by atoms with E-state index >= 15 is 0 Å². The zero-order valence-corrected chi connectivity index (χ0v) is 20.6. The van der Waals surface area contributed by atoms with Crippen LogP contribution in [0.25, 0.3) is 0 Å². The van der Waals surface area contributed by atoms with E-state index in [9.17, 15) is 9.46 Å². The second kappa shape index (κ2) is 18.4. The van der Waals surface area contributed by atoms with Crippen LogP contribution in [0.15, 0.2) is 12.2 Å². The van der Waals surface area contributed by atoms with Crippen molar-refractivity contribution < 1.29 is 18.5 Å². The van der Waals surface area contributed by atoms with E-state index in [-0.39, 0.29) is 6.10 Å². The maximum atomic E-state index is 12.0. The van der Waals surface area contributed by atoms with Crippen LogP contribution in [-0.4, -0.2) is 42.6 Å². The van der Waals surface area contributed by atoms with Crippen molar-refractivity contribution in [2.24, 2.45) is 0 Å². The Hall–Kier alpha value is -0.190. The van der Waals surface area contributed by atoms with Crippen LogP contribution in [0.4, 0.5) is 0 Å². The fourth-order valence-corrected chi connectivity index (χ4v) is 4.85. The van der Waals surface area contributed by atoms with Crippen LogP contribution in [-0.2, 0) is 13.6 Å². The number of rotatable bonds is 19. The van der Waals surface area contributed by atoms with Gasteiger partial charge in [-0.3, -0.25) is 9.05 Å². The van der Waals surface area contributed by atoms with Crippen LogP contribution in [0.5, 0.6) is 0 Å². The molecule has 1 heterocycles. The predicted octanol–water partition coefficient (Wildman–Crippen LogP) is 7.25. The van der Waals surface area contributed by atoms with Crippen LogP contribution in [0.3, 0.4) is 0 Å². The third-order valence-electron chi connectivity index (χ3n) is 5.86. The van der Waals surface area contributed by atoms with E-state index in [4.69, 9.17) is 9.05 Å². The van der Waals surface area contributed by atoms with Gasteiger partial charge in [0, 0.05) is 13.1 Å². The predicted molar refractivity (Wildman–Crippen MR) is 127 cm³/mol. The van der Waals surface area contributed by atoms with Crippen LogP contribution in [0, 0.1) is 0 Å². The van der Waals surface area contributed by atoms with Gasteiger partial charge in [0.25, 0.3) is 0 Å². The van der Waals surface area contributed by atoms with Crippen molar-refractivity contribution in [1.29, 1.82) is 0 Å². The number of allylic oxidation sites excluding steroid dienone is 2. The monoisotopic (exact) mass is 445 g/mol. The summed E-state index contributed by atoms with van der Waals surface area (Å²) in [6.07, 6.45) is 23.6. The summed E-state index contributed by atoms with van der Waals surface area (Å²) in [4.78, 5) is 12.1. The summed E-state index contributed by atoms with van der Waals surface area (Å²) >= 11 is 0. The molecule has 1 N–H and O–H groups in total. The van der Waals surface area contributed by atoms with Gasteiger partial charge in [-0.15, -0.1) is 0 Å². The second-order valence-electron chi connectivity index (χ2n) is 8.85. The topological polar surface area (TPSA) is 59.0 Å². The molecule has 0 aromatic carbocycles. The third kappa shape index (κ3) is 16.5. The molecule has 0 amide bonds. The SMILES string of the molecule is CCCCCCCC/C=C\CCCCCCCCOP(=O)(O)OC1CCN(C)CC1. The van der Waals surface area contributed by atoms with Crippen molar-refractivity contribution in [3.05, 3.63) is 12.2 Å². The number of unbranched alkanes of at least 4 members (excludes halogenated alkanes) is 12.